The summed E-state index contributed by atoms with van der Waals surface area (Å²) in [5.41, 5.74) is -0.00555. The predicted octanol–water partition coefficient (Wildman–Crippen LogP) is 1.96. The van der Waals surface area contributed by atoms with E-state index in [1.165, 1.54) is 0 Å². The van der Waals surface area contributed by atoms with E-state index in [-0.39, 0.29) is 0 Å². The van der Waals surface area contributed by atoms with Gasteiger partial charge in [-0.1, -0.05) is 0 Å². The first-order chi connectivity index (χ1) is 7.78. The minimum Gasteiger partial charge on any atom is -0.444 e. The van der Waals surface area contributed by atoms with Gasteiger partial charge in [0.05, 0.1) is 0 Å². The molecule has 3 N–H and O–H groups in total. The molecule has 0 bridgehead atoms. The van der Waals surface area contributed by atoms with E-state index in [9.17, 15) is 4.79 Å². The van der Waals surface area contributed by atoms with Gasteiger partial charge >= 0.3 is 6.09 Å². The van der Waals surface area contributed by atoms with Crippen LogP contribution in [0, 0.1) is 0 Å². The third-order valence-electron chi connectivity index (χ3n) is 1.74. The minimum absolute atomic E-state index is 0.426. The van der Waals surface area contributed by atoms with Gasteiger partial charge in [0.15, 0.2) is 8.38 Å². The molecule has 0 spiro atoms. The maximum atomic E-state index is 11.4. The van der Waals surface area contributed by atoms with Gasteiger partial charge in [0, 0.05) is 11.0 Å². The Balaban J connectivity index is 2.61. The minimum atomic E-state index is -2.09. The SMILES string of the molecule is CC(C)(C)OC(=O)Nc1ccc(P(O)O)cc1. The molecule has 17 heavy (non-hydrogen) atoms. The first-order valence-electron chi connectivity index (χ1n) is 5.06. The van der Waals surface area contributed by atoms with E-state index in [0.717, 1.165) is 0 Å². The number of hydrogen-bond donors (Lipinski definition) is 3. The van der Waals surface area contributed by atoms with E-state index >= 15 is 0 Å². The fourth-order valence-corrected chi connectivity index (χ4v) is 1.52. The summed E-state index contributed by atoms with van der Waals surface area (Å²) < 4.78 is 5.07. The van der Waals surface area contributed by atoms with E-state index in [0.29, 0.717) is 11.0 Å². The number of hydrogen-bond acceptors (Lipinski definition) is 4. The van der Waals surface area contributed by atoms with Gasteiger partial charge in [-0.25, -0.2) is 4.79 Å². The molecule has 0 fully saturated rings. The van der Waals surface area contributed by atoms with Gasteiger partial charge in [-0.3, -0.25) is 5.32 Å². The van der Waals surface area contributed by atoms with Crippen LogP contribution in [-0.2, 0) is 4.74 Å². The van der Waals surface area contributed by atoms with Crippen LogP contribution in [0.15, 0.2) is 24.3 Å². The first-order valence-corrected chi connectivity index (χ1v) is 6.30. The lowest BCUT2D eigenvalue weighted by molar-refractivity contribution is 0.0636. The van der Waals surface area contributed by atoms with Crippen molar-refractivity contribution in [2.75, 3.05) is 5.32 Å². The van der Waals surface area contributed by atoms with Gasteiger partial charge in [-0.15, -0.1) is 0 Å². The third-order valence-corrected chi connectivity index (χ3v) is 2.50. The number of rotatable bonds is 2. The second kappa shape index (κ2) is 5.45. The van der Waals surface area contributed by atoms with Crippen LogP contribution < -0.4 is 10.6 Å². The molecule has 5 nitrogen and oxygen atoms in total. The third kappa shape index (κ3) is 5.13. The highest BCUT2D eigenvalue weighted by molar-refractivity contribution is 7.54. The maximum Gasteiger partial charge on any atom is 0.412 e. The summed E-state index contributed by atoms with van der Waals surface area (Å²) in [5, 5.41) is 2.97. The van der Waals surface area contributed by atoms with Crippen molar-refractivity contribution in [1.82, 2.24) is 0 Å². The molecule has 1 aromatic rings. The summed E-state index contributed by atoms with van der Waals surface area (Å²) in [5.74, 6) is 0. The van der Waals surface area contributed by atoms with Crippen LogP contribution in [0.5, 0.6) is 0 Å². The quantitative estimate of drug-likeness (QED) is 0.707. The number of amides is 1. The zero-order valence-electron chi connectivity index (χ0n) is 9.97. The summed E-state index contributed by atoms with van der Waals surface area (Å²) >= 11 is 0. The Kier molecular flexibility index (Phi) is 4.46. The molecule has 0 saturated heterocycles. The molecular weight excluding hydrogens is 241 g/mol. The van der Waals surface area contributed by atoms with Crippen molar-refractivity contribution in [2.45, 2.75) is 26.4 Å². The molecule has 0 aliphatic heterocycles. The molecular formula is C11H16NO4P. The van der Waals surface area contributed by atoms with E-state index in [2.05, 4.69) is 5.32 Å². The number of ether oxygens (including phenoxy) is 1. The van der Waals surface area contributed by atoms with Crippen LogP contribution in [0.1, 0.15) is 20.8 Å². The summed E-state index contributed by atoms with van der Waals surface area (Å²) in [6.07, 6.45) is -0.541. The van der Waals surface area contributed by atoms with Gasteiger partial charge in [-0.05, 0) is 45.0 Å². The van der Waals surface area contributed by atoms with Crippen LogP contribution in [0.25, 0.3) is 0 Å². The lowest BCUT2D eigenvalue weighted by Gasteiger charge is -2.19. The standard InChI is InChI=1S/C11H16NO4P/c1-11(2,3)16-10(13)12-8-4-6-9(7-5-8)17(14)15/h4-7,14-15H,1-3H3,(H,12,13). The number of nitrogens with one attached hydrogen (secondary N) is 1. The van der Waals surface area contributed by atoms with Gasteiger partial charge < -0.3 is 14.5 Å². The molecule has 0 radical (unpaired) electrons. The van der Waals surface area contributed by atoms with E-state index in [4.69, 9.17) is 14.5 Å². The summed E-state index contributed by atoms with van der Waals surface area (Å²) in [7, 11) is -2.09. The highest BCUT2D eigenvalue weighted by Crippen LogP contribution is 2.22. The number of carbonyl (C=O) groups excluding carboxylic acids is 1. The Morgan fingerprint density at radius 1 is 1.24 bits per heavy atom. The Hall–Kier alpha value is -1.16. The second-order valence-corrected chi connectivity index (χ2v) is 5.56. The van der Waals surface area contributed by atoms with Gasteiger partial charge in [-0.2, -0.15) is 0 Å². The van der Waals surface area contributed by atoms with Crippen LogP contribution in [0.3, 0.4) is 0 Å². The van der Waals surface area contributed by atoms with E-state index in [1.54, 1.807) is 45.0 Å². The fraction of sp³-hybridized carbons (Fsp3) is 0.364. The number of benzene rings is 1. The van der Waals surface area contributed by atoms with Crippen molar-refractivity contribution in [2.24, 2.45) is 0 Å². The monoisotopic (exact) mass is 257 g/mol. The van der Waals surface area contributed by atoms with Crippen LogP contribution in [0.4, 0.5) is 10.5 Å². The molecule has 0 aliphatic rings. The summed E-state index contributed by atoms with van der Waals surface area (Å²) in [4.78, 5) is 29.3. The smallest absolute Gasteiger partial charge is 0.412 e. The average Bonchev–Trinajstić information content (AvgIpc) is 2.15. The molecule has 1 rings (SSSR count). The second-order valence-electron chi connectivity index (χ2n) is 4.46. The highest BCUT2D eigenvalue weighted by atomic mass is 31.2. The van der Waals surface area contributed by atoms with Gasteiger partial charge in [0.1, 0.15) is 5.60 Å². The molecule has 1 aromatic carbocycles. The lowest BCUT2D eigenvalue weighted by Crippen LogP contribution is -2.27. The Morgan fingerprint density at radius 3 is 2.18 bits per heavy atom. The zero-order valence-corrected chi connectivity index (χ0v) is 10.9. The molecule has 0 atom stereocenters. The van der Waals surface area contributed by atoms with Crippen molar-refractivity contribution in [3.8, 4) is 0 Å². The van der Waals surface area contributed by atoms with Crippen molar-refractivity contribution < 1.29 is 19.3 Å². The fourth-order valence-electron chi connectivity index (χ4n) is 1.10. The Bertz CT molecular complexity index is 383. The number of carbonyl (C=O) groups is 1. The lowest BCUT2D eigenvalue weighted by atomic mass is 10.2. The average molecular weight is 257 g/mol. The summed E-state index contributed by atoms with van der Waals surface area (Å²) in [6, 6.07) is 6.25. The van der Waals surface area contributed by atoms with Gasteiger partial charge in [0.2, 0.25) is 0 Å². The predicted molar refractivity (Wildman–Crippen MR) is 67.3 cm³/mol. The van der Waals surface area contributed by atoms with Crippen molar-refractivity contribution in [3.63, 3.8) is 0 Å². The molecule has 0 heterocycles. The van der Waals surface area contributed by atoms with Crippen LogP contribution >= 0.6 is 8.38 Å². The van der Waals surface area contributed by atoms with Crippen molar-refractivity contribution in [3.05, 3.63) is 24.3 Å². The Labute approximate surface area is 101 Å². The molecule has 0 saturated carbocycles. The topological polar surface area (TPSA) is 78.8 Å². The maximum absolute atomic E-state index is 11.4. The largest absolute Gasteiger partial charge is 0.444 e. The van der Waals surface area contributed by atoms with Gasteiger partial charge in [0.25, 0.3) is 0 Å². The first kappa shape index (κ1) is 13.9. The molecule has 0 aromatic heterocycles. The van der Waals surface area contributed by atoms with Crippen LogP contribution in [0.2, 0.25) is 0 Å². The highest BCUT2D eigenvalue weighted by Gasteiger charge is 2.16. The normalized spacial score (nSPS) is 11.4. The van der Waals surface area contributed by atoms with Crippen molar-refractivity contribution in [1.29, 1.82) is 0 Å². The zero-order chi connectivity index (χ0) is 13.1. The molecule has 0 aliphatic carbocycles. The van der Waals surface area contributed by atoms with Crippen LogP contribution in [-0.4, -0.2) is 21.5 Å². The van der Waals surface area contributed by atoms with E-state index < -0.39 is 20.1 Å². The Morgan fingerprint density at radius 2 is 1.76 bits per heavy atom. The van der Waals surface area contributed by atoms with Crippen molar-refractivity contribution >= 4 is 25.5 Å². The molecule has 6 heteroatoms. The summed E-state index contributed by atoms with van der Waals surface area (Å²) in [6.45, 7) is 5.33. The molecule has 1 amide bonds. The molecule has 0 unspecified atom stereocenters. The number of anilines is 1. The molecule has 94 valence electrons. The van der Waals surface area contributed by atoms with E-state index in [1.807, 2.05) is 0 Å².